The number of ether oxygens (including phenoxy) is 1. The zero-order chi connectivity index (χ0) is 8.39. The molecule has 1 aromatic rings. The van der Waals surface area contributed by atoms with Gasteiger partial charge in [-0.3, -0.25) is 0 Å². The summed E-state index contributed by atoms with van der Waals surface area (Å²) in [4.78, 5) is 0. The van der Waals surface area contributed by atoms with Crippen LogP contribution in [0.5, 0.6) is 5.75 Å². The first-order chi connectivity index (χ1) is 5.92. The van der Waals surface area contributed by atoms with Crippen LogP contribution >= 0.6 is 12.4 Å². The van der Waals surface area contributed by atoms with Crippen LogP contribution in [0.1, 0.15) is 18.0 Å². The summed E-state index contributed by atoms with van der Waals surface area (Å²) >= 11 is 0. The Bertz CT molecular complexity index is 273. The fourth-order valence-corrected chi connectivity index (χ4v) is 1.51. The van der Waals surface area contributed by atoms with E-state index < -0.39 is 0 Å². The Morgan fingerprint density at radius 1 is 1.38 bits per heavy atom. The molecule has 2 nitrogen and oxygen atoms in total. The fraction of sp³-hybridized carbons (Fsp3) is 0.400. The van der Waals surface area contributed by atoms with Gasteiger partial charge in [0.2, 0.25) is 0 Å². The third-order valence-corrected chi connectivity index (χ3v) is 2.34. The molecule has 72 valence electrons. The average molecular weight is 200 g/mol. The van der Waals surface area contributed by atoms with Crippen LogP contribution in [0.2, 0.25) is 0 Å². The molecule has 0 spiro atoms. The van der Waals surface area contributed by atoms with Crippen LogP contribution < -0.4 is 10.1 Å². The lowest BCUT2D eigenvalue weighted by Crippen LogP contribution is -2.35. The van der Waals surface area contributed by atoms with Crippen molar-refractivity contribution >= 4 is 12.4 Å². The van der Waals surface area contributed by atoms with E-state index >= 15 is 0 Å². The molecule has 13 heavy (non-hydrogen) atoms. The van der Waals surface area contributed by atoms with Crippen LogP contribution in [0.15, 0.2) is 24.3 Å². The van der Waals surface area contributed by atoms with Crippen molar-refractivity contribution in [3.63, 3.8) is 0 Å². The number of hydrogen-bond donors (Lipinski definition) is 1. The number of benzene rings is 1. The second-order valence-electron chi connectivity index (χ2n) is 3.04. The minimum absolute atomic E-state index is 0. The third kappa shape index (κ3) is 1.95. The average Bonchev–Trinajstić information content (AvgIpc) is 2.02. The normalized spacial score (nSPS) is 19.9. The highest BCUT2D eigenvalue weighted by Crippen LogP contribution is 2.30. The number of halogens is 1. The van der Waals surface area contributed by atoms with Gasteiger partial charge in [0, 0.05) is 11.6 Å². The second-order valence-corrected chi connectivity index (χ2v) is 3.04. The summed E-state index contributed by atoms with van der Waals surface area (Å²) in [5.41, 5.74) is 1.28. The van der Waals surface area contributed by atoms with Crippen LogP contribution in [0.25, 0.3) is 0 Å². The lowest BCUT2D eigenvalue weighted by Gasteiger charge is -2.29. The minimum atomic E-state index is 0. The van der Waals surface area contributed by atoms with Crippen molar-refractivity contribution in [2.75, 3.05) is 13.7 Å². The van der Waals surface area contributed by atoms with Gasteiger partial charge in [0.05, 0.1) is 7.11 Å². The van der Waals surface area contributed by atoms with Crippen molar-refractivity contribution in [2.45, 2.75) is 12.5 Å². The van der Waals surface area contributed by atoms with Gasteiger partial charge in [-0.15, -0.1) is 12.4 Å². The molecule has 1 fully saturated rings. The Balaban J connectivity index is 0.000000845. The van der Waals surface area contributed by atoms with E-state index in [2.05, 4.69) is 17.4 Å². The fourth-order valence-electron chi connectivity index (χ4n) is 1.51. The van der Waals surface area contributed by atoms with Crippen LogP contribution in [0, 0.1) is 0 Å². The van der Waals surface area contributed by atoms with Gasteiger partial charge in [-0.1, -0.05) is 18.2 Å². The molecule has 0 aliphatic carbocycles. The van der Waals surface area contributed by atoms with Gasteiger partial charge >= 0.3 is 0 Å². The Morgan fingerprint density at radius 3 is 2.62 bits per heavy atom. The quantitative estimate of drug-likeness (QED) is 0.788. The first-order valence-electron chi connectivity index (χ1n) is 4.28. The maximum absolute atomic E-state index is 5.26. The summed E-state index contributed by atoms with van der Waals surface area (Å²) in [6.45, 7) is 1.13. The van der Waals surface area contributed by atoms with Gasteiger partial charge in [0.15, 0.2) is 0 Å². The van der Waals surface area contributed by atoms with Gasteiger partial charge in [-0.25, -0.2) is 0 Å². The summed E-state index contributed by atoms with van der Waals surface area (Å²) < 4.78 is 5.26. The first kappa shape index (κ1) is 10.4. The second kappa shape index (κ2) is 4.49. The van der Waals surface area contributed by atoms with Crippen molar-refractivity contribution < 1.29 is 4.74 Å². The lowest BCUT2D eigenvalue weighted by molar-refractivity contribution is 0.353. The Kier molecular flexibility index (Phi) is 3.58. The van der Waals surface area contributed by atoms with Crippen LogP contribution in [-0.2, 0) is 0 Å². The molecule has 2 rings (SSSR count). The van der Waals surface area contributed by atoms with E-state index in [4.69, 9.17) is 4.74 Å². The molecule has 0 amide bonds. The molecule has 0 aromatic heterocycles. The van der Waals surface area contributed by atoms with E-state index in [9.17, 15) is 0 Å². The van der Waals surface area contributed by atoms with Gasteiger partial charge in [-0.2, -0.15) is 0 Å². The Hall–Kier alpha value is -0.730. The van der Waals surface area contributed by atoms with E-state index in [0.717, 1.165) is 12.3 Å². The van der Waals surface area contributed by atoms with E-state index in [0.29, 0.717) is 6.04 Å². The zero-order valence-corrected chi connectivity index (χ0v) is 8.43. The molecule has 1 saturated heterocycles. The van der Waals surface area contributed by atoms with Gasteiger partial charge < -0.3 is 10.1 Å². The van der Waals surface area contributed by atoms with Gasteiger partial charge in [0.1, 0.15) is 5.75 Å². The van der Waals surface area contributed by atoms with E-state index in [1.807, 2.05) is 12.1 Å². The number of para-hydroxylation sites is 1. The number of nitrogens with one attached hydrogen (secondary N) is 1. The smallest absolute Gasteiger partial charge is 0.123 e. The Morgan fingerprint density at radius 2 is 2.08 bits per heavy atom. The van der Waals surface area contributed by atoms with Gasteiger partial charge in [0.25, 0.3) is 0 Å². The summed E-state index contributed by atoms with van der Waals surface area (Å²) in [5.74, 6) is 0.995. The standard InChI is InChI=1S/C10H13NO.ClH/c1-12-10-5-3-2-4-8(10)9-6-7-11-9;/h2-5,9,11H,6-7H2,1H3;1H/t9-;/m1./s1. The monoisotopic (exact) mass is 199 g/mol. The van der Waals surface area contributed by atoms with Crippen molar-refractivity contribution in [1.29, 1.82) is 0 Å². The number of methoxy groups -OCH3 is 1. The largest absolute Gasteiger partial charge is 0.496 e. The molecule has 3 heteroatoms. The predicted octanol–water partition coefficient (Wildman–Crippen LogP) is 2.15. The predicted molar refractivity (Wildman–Crippen MR) is 55.6 cm³/mol. The highest BCUT2D eigenvalue weighted by atomic mass is 35.5. The molecule has 1 aliphatic rings. The third-order valence-electron chi connectivity index (χ3n) is 2.34. The highest BCUT2D eigenvalue weighted by Gasteiger charge is 2.20. The molecule has 0 bridgehead atoms. The van der Waals surface area contributed by atoms with Crippen molar-refractivity contribution in [2.24, 2.45) is 0 Å². The van der Waals surface area contributed by atoms with Crippen molar-refractivity contribution in [3.8, 4) is 5.75 Å². The molecular weight excluding hydrogens is 186 g/mol. The number of rotatable bonds is 2. The minimum Gasteiger partial charge on any atom is -0.496 e. The van der Waals surface area contributed by atoms with Crippen molar-refractivity contribution in [3.05, 3.63) is 29.8 Å². The summed E-state index contributed by atoms with van der Waals surface area (Å²) in [6, 6.07) is 8.70. The molecule has 0 saturated carbocycles. The molecule has 0 unspecified atom stereocenters. The lowest BCUT2D eigenvalue weighted by atomic mass is 9.97. The first-order valence-corrected chi connectivity index (χ1v) is 4.28. The molecule has 0 radical (unpaired) electrons. The van der Waals surface area contributed by atoms with Crippen LogP contribution in [0.4, 0.5) is 0 Å². The van der Waals surface area contributed by atoms with Crippen molar-refractivity contribution in [1.82, 2.24) is 5.32 Å². The summed E-state index contributed by atoms with van der Waals surface area (Å²) in [5, 5.41) is 3.36. The van der Waals surface area contributed by atoms with Gasteiger partial charge in [-0.05, 0) is 19.0 Å². The maximum Gasteiger partial charge on any atom is 0.123 e. The van der Waals surface area contributed by atoms with E-state index in [-0.39, 0.29) is 12.4 Å². The molecule has 1 heterocycles. The number of hydrogen-bond acceptors (Lipinski definition) is 2. The highest BCUT2D eigenvalue weighted by molar-refractivity contribution is 5.85. The Labute approximate surface area is 84.7 Å². The molecule has 1 N–H and O–H groups in total. The van der Waals surface area contributed by atoms with Crippen LogP contribution in [0.3, 0.4) is 0 Å². The molecule has 1 aromatic carbocycles. The molecule has 1 aliphatic heterocycles. The SMILES string of the molecule is COc1ccccc1[C@H]1CCN1.Cl. The zero-order valence-electron chi connectivity index (χ0n) is 7.62. The summed E-state index contributed by atoms with van der Waals surface area (Å²) in [7, 11) is 1.72. The van der Waals surface area contributed by atoms with E-state index in [1.54, 1.807) is 7.11 Å². The van der Waals surface area contributed by atoms with E-state index in [1.165, 1.54) is 12.0 Å². The topological polar surface area (TPSA) is 21.3 Å². The van der Waals surface area contributed by atoms with Crippen LogP contribution in [-0.4, -0.2) is 13.7 Å². The summed E-state index contributed by atoms with van der Waals surface area (Å²) in [6.07, 6.45) is 1.22. The molecular formula is C10H14ClNO. The molecule has 1 atom stereocenters. The maximum atomic E-state index is 5.26.